The number of hydrogen-bond acceptors (Lipinski definition) is 3. The Morgan fingerprint density at radius 1 is 1.12 bits per heavy atom. The lowest BCUT2D eigenvalue weighted by Crippen LogP contribution is -1.99. The monoisotopic (exact) mass is 226 g/mol. The first-order valence-electron chi connectivity index (χ1n) is 5.38. The molecule has 0 atom stereocenters. The Morgan fingerprint density at radius 2 is 1.56 bits per heavy atom. The lowest BCUT2D eigenvalue weighted by atomic mass is 10.2. The van der Waals surface area contributed by atoms with Crippen LogP contribution in [0.4, 0.5) is 0 Å². The average Bonchev–Trinajstić information content (AvgIpc) is 2.41. The highest BCUT2D eigenvalue weighted by Crippen LogP contribution is 1.98. The molecule has 0 aromatic heterocycles. The molecule has 0 aliphatic rings. The normalized spacial score (nSPS) is 7.81. The van der Waals surface area contributed by atoms with Crippen LogP contribution in [-0.2, 0) is 9.47 Å². The number of rotatable bonds is 2. The van der Waals surface area contributed by atoms with Crippen LogP contribution in [0, 0.1) is 0 Å². The second kappa shape index (κ2) is 13.7. The van der Waals surface area contributed by atoms with Crippen LogP contribution in [0.5, 0.6) is 0 Å². The summed E-state index contributed by atoms with van der Waals surface area (Å²) < 4.78 is 9.04. The lowest BCUT2D eigenvalue weighted by molar-refractivity contribution is 0.0600. The van der Waals surface area contributed by atoms with Crippen molar-refractivity contribution >= 4 is 5.97 Å². The fourth-order valence-electron chi connectivity index (χ4n) is 0.692. The van der Waals surface area contributed by atoms with Gasteiger partial charge in [-0.25, -0.2) is 4.79 Å². The Bertz CT molecular complexity index is 243. The molecule has 0 spiro atoms. The van der Waals surface area contributed by atoms with Gasteiger partial charge in [-0.2, -0.15) is 0 Å². The van der Waals surface area contributed by atoms with Crippen LogP contribution in [0.2, 0.25) is 0 Å². The maximum Gasteiger partial charge on any atom is 0.337 e. The summed E-state index contributed by atoms with van der Waals surface area (Å²) in [6.07, 6.45) is 0. The number of ether oxygens (including phenoxy) is 2. The van der Waals surface area contributed by atoms with E-state index in [1.165, 1.54) is 7.11 Å². The smallest absolute Gasteiger partial charge is 0.337 e. The van der Waals surface area contributed by atoms with Crippen molar-refractivity contribution in [2.75, 3.05) is 20.8 Å². The van der Waals surface area contributed by atoms with E-state index >= 15 is 0 Å². The number of carbonyl (C=O) groups excluding carboxylic acids is 1. The van der Waals surface area contributed by atoms with E-state index in [2.05, 4.69) is 9.47 Å². The molecule has 0 heterocycles. The fourth-order valence-corrected chi connectivity index (χ4v) is 0.692. The van der Waals surface area contributed by atoms with Crippen LogP contribution in [0.1, 0.15) is 31.1 Å². The standard InChI is InChI=1S/C8H8O2.C3H8O.C2H6/c1-10-8(9)7-5-3-2-4-6-7;1-3-4-2;1-2/h2-6H,1H3;3H2,1-2H3;1-2H3. The number of benzene rings is 1. The molecule has 1 rings (SSSR count). The van der Waals surface area contributed by atoms with E-state index in [9.17, 15) is 4.79 Å². The van der Waals surface area contributed by atoms with Gasteiger partial charge in [-0.1, -0.05) is 32.0 Å². The third kappa shape index (κ3) is 9.21. The Labute approximate surface area is 98.4 Å². The van der Waals surface area contributed by atoms with Crippen molar-refractivity contribution in [3.63, 3.8) is 0 Å². The first-order chi connectivity index (χ1) is 7.76. The van der Waals surface area contributed by atoms with Gasteiger partial charge < -0.3 is 9.47 Å². The van der Waals surface area contributed by atoms with Crippen molar-refractivity contribution in [1.82, 2.24) is 0 Å². The van der Waals surface area contributed by atoms with E-state index in [4.69, 9.17) is 0 Å². The zero-order valence-corrected chi connectivity index (χ0v) is 10.8. The van der Waals surface area contributed by atoms with Crippen LogP contribution in [0.15, 0.2) is 30.3 Å². The highest BCUT2D eigenvalue weighted by molar-refractivity contribution is 5.89. The first-order valence-corrected chi connectivity index (χ1v) is 5.38. The molecule has 1 aromatic rings. The highest BCUT2D eigenvalue weighted by Gasteiger charge is 2.00. The average molecular weight is 226 g/mol. The largest absolute Gasteiger partial charge is 0.465 e. The number of esters is 1. The summed E-state index contributed by atoms with van der Waals surface area (Å²) in [5.41, 5.74) is 0.588. The van der Waals surface area contributed by atoms with E-state index in [1.807, 2.05) is 26.8 Å². The lowest BCUT2D eigenvalue weighted by Gasteiger charge is -1.95. The van der Waals surface area contributed by atoms with Gasteiger partial charge in [0.2, 0.25) is 0 Å². The van der Waals surface area contributed by atoms with Crippen LogP contribution in [0.25, 0.3) is 0 Å². The molecule has 16 heavy (non-hydrogen) atoms. The number of carbonyl (C=O) groups is 1. The molecule has 0 saturated heterocycles. The van der Waals surface area contributed by atoms with Gasteiger partial charge in [-0.3, -0.25) is 0 Å². The Morgan fingerprint density at radius 3 is 1.88 bits per heavy atom. The quantitative estimate of drug-likeness (QED) is 0.727. The molecular weight excluding hydrogens is 204 g/mol. The minimum absolute atomic E-state index is 0.291. The molecule has 3 heteroatoms. The maximum absolute atomic E-state index is 10.8. The van der Waals surface area contributed by atoms with Gasteiger partial charge in [0, 0.05) is 13.7 Å². The second-order valence-corrected chi connectivity index (χ2v) is 2.43. The Kier molecular flexibility index (Phi) is 14.6. The third-order valence-corrected chi connectivity index (χ3v) is 1.48. The van der Waals surface area contributed by atoms with Crippen molar-refractivity contribution in [2.45, 2.75) is 20.8 Å². The SMILES string of the molecule is CC.CCOC.COC(=O)c1ccccc1. The molecule has 1 aromatic carbocycles. The number of hydrogen-bond donors (Lipinski definition) is 0. The molecule has 0 amide bonds. The van der Waals surface area contributed by atoms with Gasteiger partial charge in [0.1, 0.15) is 0 Å². The first kappa shape index (κ1) is 17.1. The van der Waals surface area contributed by atoms with Gasteiger partial charge >= 0.3 is 5.97 Å². The molecular formula is C13H22O3. The van der Waals surface area contributed by atoms with Crippen molar-refractivity contribution in [1.29, 1.82) is 0 Å². The van der Waals surface area contributed by atoms with Crippen molar-refractivity contribution in [2.24, 2.45) is 0 Å². The van der Waals surface area contributed by atoms with Gasteiger partial charge in [-0.05, 0) is 19.1 Å². The molecule has 0 aliphatic carbocycles. The van der Waals surface area contributed by atoms with Crippen molar-refractivity contribution < 1.29 is 14.3 Å². The van der Waals surface area contributed by atoms with Crippen LogP contribution >= 0.6 is 0 Å². The summed E-state index contributed by atoms with van der Waals surface area (Å²) in [5.74, 6) is -0.291. The third-order valence-electron chi connectivity index (χ3n) is 1.48. The molecule has 0 radical (unpaired) electrons. The predicted octanol–water partition coefficient (Wildman–Crippen LogP) is 3.15. The van der Waals surface area contributed by atoms with Crippen LogP contribution in [-0.4, -0.2) is 26.8 Å². The van der Waals surface area contributed by atoms with Gasteiger partial charge in [0.25, 0.3) is 0 Å². The Hall–Kier alpha value is -1.35. The van der Waals surface area contributed by atoms with E-state index < -0.39 is 0 Å². The summed E-state index contributed by atoms with van der Waals surface area (Å²) in [6, 6.07) is 8.88. The minimum Gasteiger partial charge on any atom is -0.465 e. The van der Waals surface area contributed by atoms with Gasteiger partial charge in [-0.15, -0.1) is 0 Å². The predicted molar refractivity (Wildman–Crippen MR) is 66.7 cm³/mol. The van der Waals surface area contributed by atoms with Crippen LogP contribution < -0.4 is 0 Å². The fraction of sp³-hybridized carbons (Fsp3) is 0.462. The molecule has 92 valence electrons. The van der Waals surface area contributed by atoms with Crippen molar-refractivity contribution in [3.8, 4) is 0 Å². The van der Waals surface area contributed by atoms with Gasteiger partial charge in [0.05, 0.1) is 12.7 Å². The summed E-state index contributed by atoms with van der Waals surface area (Å²) in [5, 5.41) is 0. The summed E-state index contributed by atoms with van der Waals surface area (Å²) in [7, 11) is 3.05. The maximum atomic E-state index is 10.8. The molecule has 0 unspecified atom stereocenters. The molecule has 0 N–H and O–H groups in total. The molecule has 0 fully saturated rings. The van der Waals surface area contributed by atoms with E-state index in [-0.39, 0.29) is 5.97 Å². The Balaban J connectivity index is 0. The zero-order valence-electron chi connectivity index (χ0n) is 10.8. The second-order valence-electron chi connectivity index (χ2n) is 2.43. The topological polar surface area (TPSA) is 35.5 Å². The summed E-state index contributed by atoms with van der Waals surface area (Å²) >= 11 is 0. The zero-order chi connectivity index (χ0) is 12.8. The summed E-state index contributed by atoms with van der Waals surface area (Å²) in [6.45, 7) is 6.78. The highest BCUT2D eigenvalue weighted by atomic mass is 16.5. The molecule has 3 nitrogen and oxygen atoms in total. The molecule has 0 bridgehead atoms. The van der Waals surface area contributed by atoms with E-state index in [0.29, 0.717) is 5.56 Å². The van der Waals surface area contributed by atoms with Crippen LogP contribution in [0.3, 0.4) is 0 Å². The van der Waals surface area contributed by atoms with Gasteiger partial charge in [0.15, 0.2) is 0 Å². The van der Waals surface area contributed by atoms with E-state index in [1.54, 1.807) is 31.4 Å². The minimum atomic E-state index is -0.291. The number of methoxy groups -OCH3 is 2. The molecule has 0 saturated carbocycles. The van der Waals surface area contributed by atoms with Crippen molar-refractivity contribution in [3.05, 3.63) is 35.9 Å². The summed E-state index contributed by atoms with van der Waals surface area (Å²) in [4.78, 5) is 10.8. The molecule has 0 aliphatic heterocycles. The van der Waals surface area contributed by atoms with E-state index in [0.717, 1.165) is 6.61 Å².